The maximum Gasteiger partial charge on any atom is 0.288 e. The lowest BCUT2D eigenvalue weighted by Gasteiger charge is -1.98. The van der Waals surface area contributed by atoms with E-state index in [1.54, 1.807) is 0 Å². The van der Waals surface area contributed by atoms with Gasteiger partial charge in [0.1, 0.15) is 5.56 Å². The van der Waals surface area contributed by atoms with Gasteiger partial charge in [0.15, 0.2) is 12.4 Å². The van der Waals surface area contributed by atoms with Crippen LogP contribution in [0.15, 0.2) is 29.7 Å². The lowest BCUT2D eigenvalue weighted by molar-refractivity contribution is -0.606. The van der Waals surface area contributed by atoms with Crippen LogP contribution in [-0.4, -0.2) is 11.5 Å². The van der Waals surface area contributed by atoms with Crippen LogP contribution in [0, 0.1) is 15.3 Å². The first kappa shape index (κ1) is 11.5. The molecule has 0 aromatic carbocycles. The van der Waals surface area contributed by atoms with Crippen molar-refractivity contribution in [3.63, 3.8) is 0 Å². The van der Waals surface area contributed by atoms with E-state index in [1.807, 2.05) is 0 Å². The highest BCUT2D eigenvalue weighted by Crippen LogP contribution is 2.16. The van der Waals surface area contributed by atoms with Crippen LogP contribution >= 0.6 is 0 Å². The first-order valence-corrected chi connectivity index (χ1v) is 4.19. The highest BCUT2D eigenvalue weighted by Gasteiger charge is 2.13. The van der Waals surface area contributed by atoms with Crippen LogP contribution in [0.25, 0.3) is 16.5 Å². The lowest BCUT2D eigenvalue weighted by Crippen LogP contribution is -2.24. The van der Waals surface area contributed by atoms with E-state index >= 15 is 0 Å². The van der Waals surface area contributed by atoms with Crippen LogP contribution < -0.4 is 4.73 Å². The summed E-state index contributed by atoms with van der Waals surface area (Å²) in [5.41, 5.74) is 8.00. The molecule has 16 heavy (non-hydrogen) atoms. The molecule has 0 radical (unpaired) electrons. The molecule has 0 aliphatic carbocycles. The van der Waals surface area contributed by atoms with Crippen molar-refractivity contribution in [2.45, 2.75) is 0 Å². The fraction of sp³-hybridized carbons (Fsp3) is 0.125. The average molecular weight is 221 g/mol. The fourth-order valence-electron chi connectivity index (χ4n) is 1.04. The van der Waals surface area contributed by atoms with Gasteiger partial charge in [-0.1, -0.05) is 11.2 Å². The van der Waals surface area contributed by atoms with Gasteiger partial charge in [0.25, 0.3) is 5.69 Å². The number of pyridine rings is 1. The molecule has 1 aromatic rings. The van der Waals surface area contributed by atoms with Crippen molar-refractivity contribution < 1.29 is 9.65 Å². The summed E-state index contributed by atoms with van der Waals surface area (Å²) in [7, 11) is 0. The third-order valence-corrected chi connectivity index (χ3v) is 1.69. The summed E-state index contributed by atoms with van der Waals surface area (Å²) < 4.78 is 0.459. The minimum atomic E-state index is -0.590. The number of nitro groups is 1. The Bertz CT molecular complexity index is 479. The molecule has 0 fully saturated rings. The van der Waals surface area contributed by atoms with Crippen molar-refractivity contribution in [2.24, 2.45) is 5.11 Å². The van der Waals surface area contributed by atoms with Gasteiger partial charge < -0.3 is 5.21 Å². The van der Waals surface area contributed by atoms with Gasteiger partial charge in [-0.3, -0.25) is 10.1 Å². The average Bonchev–Trinajstić information content (AvgIpc) is 2.24. The van der Waals surface area contributed by atoms with Gasteiger partial charge in [-0.2, -0.15) is 4.73 Å². The van der Waals surface area contributed by atoms with Crippen molar-refractivity contribution in [1.29, 1.82) is 0 Å². The second-order valence-electron chi connectivity index (χ2n) is 2.72. The normalized spacial score (nSPS) is 10.0. The molecule has 0 bridgehead atoms. The Morgan fingerprint density at radius 2 is 2.44 bits per heavy atom. The van der Waals surface area contributed by atoms with Crippen LogP contribution in [0.2, 0.25) is 0 Å². The molecule has 0 aliphatic rings. The van der Waals surface area contributed by atoms with Gasteiger partial charge in [0.2, 0.25) is 0 Å². The van der Waals surface area contributed by atoms with Crippen molar-refractivity contribution in [3.05, 3.63) is 55.9 Å². The molecule has 0 N–H and O–H groups in total. The van der Waals surface area contributed by atoms with E-state index in [9.17, 15) is 15.3 Å². The predicted octanol–water partition coefficient (Wildman–Crippen LogP) is 1.55. The van der Waals surface area contributed by atoms with Gasteiger partial charge >= 0.3 is 0 Å². The second-order valence-corrected chi connectivity index (χ2v) is 2.72. The molecule has 82 valence electrons. The summed E-state index contributed by atoms with van der Waals surface area (Å²) in [5, 5.41) is 24.8. The lowest BCUT2D eigenvalue weighted by atomic mass is 10.2. The number of nitrogens with zero attached hydrogens (tertiary/aromatic N) is 5. The number of hydrogen-bond donors (Lipinski definition) is 0. The molecule has 1 rings (SSSR count). The van der Waals surface area contributed by atoms with Crippen LogP contribution in [0.1, 0.15) is 5.56 Å². The van der Waals surface area contributed by atoms with Gasteiger partial charge in [-0.25, -0.2) is 0 Å². The zero-order valence-corrected chi connectivity index (χ0v) is 8.05. The van der Waals surface area contributed by atoms with E-state index in [0.29, 0.717) is 4.73 Å². The summed E-state index contributed by atoms with van der Waals surface area (Å²) >= 11 is 0. The van der Waals surface area contributed by atoms with Gasteiger partial charge in [-0.15, -0.1) is 0 Å². The Kier molecular flexibility index (Phi) is 3.82. The molecule has 1 heterocycles. The SMILES string of the molecule is [N-]=[N+]=NCC=Cc1c[n+]([O-])ccc1[N+](=O)[O-]. The Morgan fingerprint density at radius 3 is 3.06 bits per heavy atom. The summed E-state index contributed by atoms with van der Waals surface area (Å²) in [6, 6.07) is 1.11. The summed E-state index contributed by atoms with van der Waals surface area (Å²) in [5.74, 6) is 0. The Balaban J connectivity index is 3.00. The Hall–Kier alpha value is -2.60. The zero-order valence-electron chi connectivity index (χ0n) is 8.05. The molecular weight excluding hydrogens is 214 g/mol. The molecule has 1 aromatic heterocycles. The van der Waals surface area contributed by atoms with Crippen LogP contribution in [0.3, 0.4) is 0 Å². The molecule has 0 amide bonds. The highest BCUT2D eigenvalue weighted by molar-refractivity contribution is 5.58. The summed E-state index contributed by atoms with van der Waals surface area (Å²) in [6.07, 6.45) is 4.91. The smallest absolute Gasteiger partial charge is 0.288 e. The highest BCUT2D eigenvalue weighted by atomic mass is 16.6. The quantitative estimate of drug-likeness (QED) is 0.146. The van der Waals surface area contributed by atoms with E-state index in [2.05, 4.69) is 10.0 Å². The van der Waals surface area contributed by atoms with E-state index < -0.39 is 4.92 Å². The van der Waals surface area contributed by atoms with E-state index in [-0.39, 0.29) is 17.8 Å². The monoisotopic (exact) mass is 221 g/mol. The first-order chi connectivity index (χ1) is 7.65. The number of hydrogen-bond acceptors (Lipinski definition) is 4. The first-order valence-electron chi connectivity index (χ1n) is 4.19. The van der Waals surface area contributed by atoms with Gasteiger partial charge in [0, 0.05) is 11.5 Å². The largest absolute Gasteiger partial charge is 0.619 e. The van der Waals surface area contributed by atoms with Crippen LogP contribution in [0.4, 0.5) is 5.69 Å². The Labute approximate surface area is 89.8 Å². The molecule has 0 spiro atoms. The number of aromatic nitrogens is 1. The molecule has 0 saturated carbocycles. The van der Waals surface area contributed by atoms with Gasteiger partial charge in [0.05, 0.1) is 11.0 Å². The predicted molar refractivity (Wildman–Crippen MR) is 55.1 cm³/mol. The third kappa shape index (κ3) is 2.96. The minimum Gasteiger partial charge on any atom is -0.619 e. The summed E-state index contributed by atoms with van der Waals surface area (Å²) in [4.78, 5) is 12.5. The second kappa shape index (κ2) is 5.32. The topological polar surface area (TPSA) is 119 Å². The maximum atomic E-state index is 10.9. The van der Waals surface area contributed by atoms with Crippen LogP contribution in [0.5, 0.6) is 0 Å². The van der Waals surface area contributed by atoms with Crippen molar-refractivity contribution in [1.82, 2.24) is 0 Å². The molecular formula is C8H7N5O3. The van der Waals surface area contributed by atoms with Crippen molar-refractivity contribution in [3.8, 4) is 0 Å². The van der Waals surface area contributed by atoms with Crippen molar-refractivity contribution in [2.75, 3.05) is 6.54 Å². The zero-order chi connectivity index (χ0) is 12.0. The molecule has 0 aliphatic heterocycles. The van der Waals surface area contributed by atoms with Crippen LogP contribution in [-0.2, 0) is 0 Å². The maximum absolute atomic E-state index is 10.9. The molecule has 8 nitrogen and oxygen atoms in total. The molecule has 8 heteroatoms. The molecule has 0 atom stereocenters. The molecule has 0 saturated heterocycles. The van der Waals surface area contributed by atoms with Gasteiger partial charge in [-0.05, 0) is 11.6 Å². The number of rotatable bonds is 4. The Morgan fingerprint density at radius 1 is 1.69 bits per heavy atom. The minimum absolute atomic E-state index is 0.0708. The number of azide groups is 1. The standard InChI is InChI=1S/C8H7N5O3/c9-11-10-4-1-2-7-6-12(14)5-3-8(7)13(15)16/h1-3,5-6H,4H2. The van der Waals surface area contributed by atoms with E-state index in [4.69, 9.17) is 5.53 Å². The molecule has 0 unspecified atom stereocenters. The summed E-state index contributed by atoms with van der Waals surface area (Å²) in [6.45, 7) is 0.0708. The van der Waals surface area contributed by atoms with E-state index in [1.165, 1.54) is 12.2 Å². The van der Waals surface area contributed by atoms with E-state index in [0.717, 1.165) is 18.5 Å². The van der Waals surface area contributed by atoms with Crippen molar-refractivity contribution >= 4 is 11.8 Å². The third-order valence-electron chi connectivity index (χ3n) is 1.69. The fourth-order valence-corrected chi connectivity index (χ4v) is 1.04.